The number of imide groups is 1. The highest BCUT2D eigenvalue weighted by molar-refractivity contribution is 6.05. The van der Waals surface area contributed by atoms with Gasteiger partial charge in [-0.2, -0.15) is 0 Å². The third-order valence-corrected chi connectivity index (χ3v) is 5.00. The molecule has 0 spiro atoms. The highest BCUT2D eigenvalue weighted by atomic mass is 16.4. The predicted octanol–water partition coefficient (Wildman–Crippen LogP) is 2.12. The summed E-state index contributed by atoms with van der Waals surface area (Å²) in [5, 5.41) is 14.1. The predicted molar refractivity (Wildman–Crippen MR) is 99.9 cm³/mol. The van der Waals surface area contributed by atoms with E-state index < -0.39 is 17.3 Å². The second kappa shape index (κ2) is 7.59. The van der Waals surface area contributed by atoms with E-state index in [4.69, 9.17) is 5.11 Å². The number of rotatable bonds is 5. The standard InChI is InChI=1S/C20H19N3O5/c1-2-20(9-7-16(24)23-19(20)28)13-3-5-14(6-4-13)22-17(25)15-11-12(18(26)27)8-10-21-15/h3-6,8,10-11H,2,7,9H2,1H3,(H,22,25)(H,26,27)(H,23,24,28). The van der Waals surface area contributed by atoms with Gasteiger partial charge in [0.1, 0.15) is 5.69 Å². The molecule has 1 aromatic heterocycles. The van der Waals surface area contributed by atoms with E-state index in [9.17, 15) is 19.2 Å². The molecule has 0 radical (unpaired) electrons. The first-order valence-electron chi connectivity index (χ1n) is 8.81. The zero-order valence-electron chi connectivity index (χ0n) is 15.2. The SMILES string of the molecule is CCC1(c2ccc(NC(=O)c3cc(C(=O)O)ccn3)cc2)CCC(=O)NC1=O. The largest absolute Gasteiger partial charge is 0.478 e. The number of aromatic carboxylic acids is 1. The molecule has 8 nitrogen and oxygen atoms in total. The molecule has 1 unspecified atom stereocenters. The van der Waals surface area contributed by atoms with Crippen LogP contribution in [0.15, 0.2) is 42.6 Å². The number of carboxylic acids is 1. The Labute approximate surface area is 161 Å². The van der Waals surface area contributed by atoms with E-state index in [1.807, 2.05) is 6.92 Å². The fraction of sp³-hybridized carbons (Fsp3) is 0.250. The average molecular weight is 381 g/mol. The molecule has 0 aliphatic carbocycles. The number of carbonyl (C=O) groups excluding carboxylic acids is 3. The average Bonchev–Trinajstić information content (AvgIpc) is 2.69. The van der Waals surface area contributed by atoms with Crippen molar-refractivity contribution in [3.8, 4) is 0 Å². The number of pyridine rings is 1. The normalized spacial score (nSPS) is 19.0. The van der Waals surface area contributed by atoms with Gasteiger partial charge in [0.2, 0.25) is 11.8 Å². The summed E-state index contributed by atoms with van der Waals surface area (Å²) in [6.45, 7) is 1.90. The van der Waals surface area contributed by atoms with Crippen LogP contribution in [0.25, 0.3) is 0 Å². The third-order valence-electron chi connectivity index (χ3n) is 5.00. The van der Waals surface area contributed by atoms with Crippen molar-refractivity contribution in [2.45, 2.75) is 31.6 Å². The van der Waals surface area contributed by atoms with Gasteiger partial charge in [0.25, 0.3) is 5.91 Å². The summed E-state index contributed by atoms with van der Waals surface area (Å²) in [5.41, 5.74) is 0.435. The number of piperidine rings is 1. The molecular weight excluding hydrogens is 362 g/mol. The molecule has 3 rings (SSSR count). The number of hydrogen-bond acceptors (Lipinski definition) is 5. The summed E-state index contributed by atoms with van der Waals surface area (Å²) in [4.78, 5) is 51.1. The van der Waals surface area contributed by atoms with Gasteiger partial charge in [0, 0.05) is 18.3 Å². The van der Waals surface area contributed by atoms with E-state index in [1.165, 1.54) is 18.3 Å². The molecule has 1 aliphatic heterocycles. The van der Waals surface area contributed by atoms with Crippen LogP contribution in [0.5, 0.6) is 0 Å². The zero-order valence-corrected chi connectivity index (χ0v) is 15.2. The molecule has 0 saturated carbocycles. The van der Waals surface area contributed by atoms with Crippen LogP contribution in [0, 0.1) is 0 Å². The van der Waals surface area contributed by atoms with Crippen LogP contribution in [0.4, 0.5) is 5.69 Å². The summed E-state index contributed by atoms with van der Waals surface area (Å²) >= 11 is 0. The van der Waals surface area contributed by atoms with E-state index in [-0.39, 0.29) is 29.5 Å². The number of amides is 3. The minimum Gasteiger partial charge on any atom is -0.478 e. The van der Waals surface area contributed by atoms with E-state index in [1.54, 1.807) is 24.3 Å². The maximum Gasteiger partial charge on any atom is 0.335 e. The topological polar surface area (TPSA) is 125 Å². The van der Waals surface area contributed by atoms with Gasteiger partial charge in [-0.3, -0.25) is 24.7 Å². The second-order valence-corrected chi connectivity index (χ2v) is 6.58. The monoisotopic (exact) mass is 381 g/mol. The molecule has 1 atom stereocenters. The number of anilines is 1. The molecule has 1 aromatic carbocycles. The van der Waals surface area contributed by atoms with E-state index >= 15 is 0 Å². The summed E-state index contributed by atoms with van der Waals surface area (Å²) in [7, 11) is 0. The van der Waals surface area contributed by atoms with Crippen LogP contribution in [-0.2, 0) is 15.0 Å². The first kappa shape index (κ1) is 19.2. The molecule has 144 valence electrons. The molecular formula is C20H19N3O5. The lowest BCUT2D eigenvalue weighted by atomic mass is 9.72. The lowest BCUT2D eigenvalue weighted by molar-refractivity contribution is -0.138. The summed E-state index contributed by atoms with van der Waals surface area (Å²) in [5.74, 6) is -2.26. The summed E-state index contributed by atoms with van der Waals surface area (Å²) in [6, 6.07) is 9.32. The van der Waals surface area contributed by atoms with Crippen molar-refractivity contribution in [2.24, 2.45) is 0 Å². The second-order valence-electron chi connectivity index (χ2n) is 6.58. The third kappa shape index (κ3) is 3.62. The number of benzene rings is 1. The number of nitrogens with one attached hydrogen (secondary N) is 2. The van der Waals surface area contributed by atoms with Gasteiger partial charge in [0.05, 0.1) is 11.0 Å². The molecule has 3 amide bonds. The number of aromatic nitrogens is 1. The van der Waals surface area contributed by atoms with Gasteiger partial charge in [-0.25, -0.2) is 4.79 Å². The van der Waals surface area contributed by atoms with Crippen molar-refractivity contribution in [3.05, 3.63) is 59.4 Å². The van der Waals surface area contributed by atoms with Crippen molar-refractivity contribution < 1.29 is 24.3 Å². The van der Waals surface area contributed by atoms with Crippen molar-refractivity contribution in [3.63, 3.8) is 0 Å². The Balaban J connectivity index is 1.78. The van der Waals surface area contributed by atoms with Crippen molar-refractivity contribution in [2.75, 3.05) is 5.32 Å². The minimum absolute atomic E-state index is 0.0147. The van der Waals surface area contributed by atoms with Crippen LogP contribution in [0.1, 0.15) is 52.6 Å². The van der Waals surface area contributed by atoms with Crippen LogP contribution in [0.2, 0.25) is 0 Å². The van der Waals surface area contributed by atoms with Crippen LogP contribution in [0.3, 0.4) is 0 Å². The Morgan fingerprint density at radius 2 is 1.93 bits per heavy atom. The fourth-order valence-electron chi connectivity index (χ4n) is 3.32. The maximum absolute atomic E-state index is 12.4. The molecule has 1 saturated heterocycles. The number of carboxylic acid groups (broad SMARTS) is 1. The number of carbonyl (C=O) groups is 4. The molecule has 8 heteroatoms. The molecule has 1 aliphatic rings. The molecule has 3 N–H and O–H groups in total. The van der Waals surface area contributed by atoms with Gasteiger partial charge in [-0.05, 0) is 42.7 Å². The Hall–Kier alpha value is -3.55. The number of nitrogens with zero attached hydrogens (tertiary/aromatic N) is 1. The van der Waals surface area contributed by atoms with Crippen LogP contribution in [-0.4, -0.2) is 33.8 Å². The quantitative estimate of drug-likeness (QED) is 0.681. The van der Waals surface area contributed by atoms with Gasteiger partial charge in [-0.1, -0.05) is 19.1 Å². The molecule has 1 fully saturated rings. The minimum atomic E-state index is -1.14. The van der Waals surface area contributed by atoms with Crippen molar-refractivity contribution >= 4 is 29.4 Å². The zero-order chi connectivity index (χ0) is 20.3. The van der Waals surface area contributed by atoms with Crippen LogP contribution >= 0.6 is 0 Å². The molecule has 28 heavy (non-hydrogen) atoms. The van der Waals surface area contributed by atoms with E-state index in [0.717, 1.165) is 5.56 Å². The first-order chi connectivity index (χ1) is 13.4. The first-order valence-corrected chi connectivity index (χ1v) is 8.81. The van der Waals surface area contributed by atoms with Crippen molar-refractivity contribution in [1.29, 1.82) is 0 Å². The van der Waals surface area contributed by atoms with Crippen LogP contribution < -0.4 is 10.6 Å². The van der Waals surface area contributed by atoms with Gasteiger partial charge < -0.3 is 10.4 Å². The lowest BCUT2D eigenvalue weighted by Gasteiger charge is -2.35. The fourth-order valence-corrected chi connectivity index (χ4v) is 3.32. The van der Waals surface area contributed by atoms with E-state index in [0.29, 0.717) is 18.5 Å². The van der Waals surface area contributed by atoms with Gasteiger partial charge >= 0.3 is 5.97 Å². The highest BCUT2D eigenvalue weighted by Gasteiger charge is 2.42. The van der Waals surface area contributed by atoms with E-state index in [2.05, 4.69) is 15.6 Å². The van der Waals surface area contributed by atoms with Gasteiger partial charge in [-0.15, -0.1) is 0 Å². The Kier molecular flexibility index (Phi) is 5.21. The highest BCUT2D eigenvalue weighted by Crippen LogP contribution is 2.36. The summed E-state index contributed by atoms with van der Waals surface area (Å²) in [6.07, 6.45) is 2.52. The smallest absolute Gasteiger partial charge is 0.335 e. The maximum atomic E-state index is 12.4. The summed E-state index contributed by atoms with van der Waals surface area (Å²) < 4.78 is 0. The molecule has 2 aromatic rings. The molecule has 2 heterocycles. The Morgan fingerprint density at radius 1 is 1.21 bits per heavy atom. The Morgan fingerprint density at radius 3 is 2.54 bits per heavy atom. The van der Waals surface area contributed by atoms with Gasteiger partial charge in [0.15, 0.2) is 0 Å². The van der Waals surface area contributed by atoms with Crippen molar-refractivity contribution in [1.82, 2.24) is 10.3 Å². The number of hydrogen-bond donors (Lipinski definition) is 3. The lowest BCUT2D eigenvalue weighted by Crippen LogP contribution is -2.51. The Bertz CT molecular complexity index is 955. The molecule has 0 bridgehead atoms.